The second-order valence-electron chi connectivity index (χ2n) is 6.69. The van der Waals surface area contributed by atoms with Crippen molar-refractivity contribution in [1.82, 2.24) is 16.0 Å². The fourth-order valence-corrected chi connectivity index (χ4v) is 3.23. The quantitative estimate of drug-likeness (QED) is 0.685. The maximum absolute atomic E-state index is 12.9. The smallest absolute Gasteiger partial charge is 0.251 e. The first-order chi connectivity index (χ1) is 13.1. The van der Waals surface area contributed by atoms with Gasteiger partial charge >= 0.3 is 0 Å². The molecule has 0 saturated carbocycles. The van der Waals surface area contributed by atoms with Crippen molar-refractivity contribution >= 4 is 11.8 Å². The number of carbonyl (C=O) groups is 2. The number of hydrogen-bond donors (Lipinski definition) is 3. The molecule has 1 saturated heterocycles. The SMILES string of the molecule is O=C(NCCNC(=O)c1cccc([C@H]2CCCNC2)c1)c1ccc(F)cc1. The molecule has 1 atom stereocenters. The molecule has 1 aliphatic heterocycles. The summed E-state index contributed by atoms with van der Waals surface area (Å²) in [6.07, 6.45) is 2.28. The van der Waals surface area contributed by atoms with Gasteiger partial charge in [0.1, 0.15) is 5.82 Å². The topological polar surface area (TPSA) is 70.2 Å². The first kappa shape index (κ1) is 19.0. The standard InChI is InChI=1S/C21H24FN3O2/c22-19-8-6-15(7-9-19)20(26)24-11-12-25-21(27)17-4-1-3-16(13-17)18-5-2-10-23-14-18/h1,3-4,6-9,13,18,23H,2,5,10-12,14H2,(H,24,26)(H,25,27)/t18-/m0/s1. The van der Waals surface area contributed by atoms with Crippen molar-refractivity contribution < 1.29 is 14.0 Å². The highest BCUT2D eigenvalue weighted by Gasteiger charge is 2.16. The van der Waals surface area contributed by atoms with Gasteiger partial charge in [-0.2, -0.15) is 0 Å². The van der Waals surface area contributed by atoms with Gasteiger partial charge in [0.25, 0.3) is 11.8 Å². The summed E-state index contributed by atoms with van der Waals surface area (Å²) in [4.78, 5) is 24.3. The van der Waals surface area contributed by atoms with E-state index >= 15 is 0 Å². The number of piperidine rings is 1. The molecule has 6 heteroatoms. The van der Waals surface area contributed by atoms with Crippen molar-refractivity contribution in [2.75, 3.05) is 26.2 Å². The summed E-state index contributed by atoms with van der Waals surface area (Å²) in [6, 6.07) is 13.1. The summed E-state index contributed by atoms with van der Waals surface area (Å²) in [6.45, 7) is 2.62. The van der Waals surface area contributed by atoms with Crippen LogP contribution in [0.25, 0.3) is 0 Å². The van der Waals surface area contributed by atoms with E-state index in [-0.39, 0.29) is 17.6 Å². The number of halogens is 1. The molecule has 1 aliphatic rings. The molecular weight excluding hydrogens is 345 g/mol. The van der Waals surface area contributed by atoms with E-state index < -0.39 is 0 Å². The highest BCUT2D eigenvalue weighted by Crippen LogP contribution is 2.23. The minimum atomic E-state index is -0.384. The second-order valence-corrected chi connectivity index (χ2v) is 6.69. The van der Waals surface area contributed by atoms with Gasteiger partial charge in [-0.3, -0.25) is 9.59 Å². The first-order valence-corrected chi connectivity index (χ1v) is 9.26. The summed E-state index contributed by atoms with van der Waals surface area (Å²) in [5.41, 5.74) is 2.19. The molecule has 1 heterocycles. The maximum atomic E-state index is 12.9. The average Bonchev–Trinajstić information content (AvgIpc) is 2.72. The highest BCUT2D eigenvalue weighted by molar-refractivity contribution is 5.95. The lowest BCUT2D eigenvalue weighted by molar-refractivity contribution is 0.0927. The molecule has 3 N–H and O–H groups in total. The van der Waals surface area contributed by atoms with E-state index in [9.17, 15) is 14.0 Å². The summed E-state index contributed by atoms with van der Waals surface area (Å²) in [5.74, 6) is -0.390. The number of amides is 2. The molecule has 1 fully saturated rings. The van der Waals surface area contributed by atoms with Crippen molar-refractivity contribution in [1.29, 1.82) is 0 Å². The summed E-state index contributed by atoms with van der Waals surface area (Å²) < 4.78 is 12.9. The molecule has 0 bridgehead atoms. The van der Waals surface area contributed by atoms with Gasteiger partial charge in [0.2, 0.25) is 0 Å². The second kappa shape index (κ2) is 9.28. The number of nitrogens with one attached hydrogen (secondary N) is 3. The van der Waals surface area contributed by atoms with Crippen LogP contribution < -0.4 is 16.0 Å². The van der Waals surface area contributed by atoms with Crippen LogP contribution in [0.3, 0.4) is 0 Å². The Morgan fingerprint density at radius 1 is 1.00 bits per heavy atom. The Morgan fingerprint density at radius 2 is 1.70 bits per heavy atom. The molecule has 3 rings (SSSR count). The summed E-state index contributed by atoms with van der Waals surface area (Å²) in [7, 11) is 0. The highest BCUT2D eigenvalue weighted by atomic mass is 19.1. The van der Waals surface area contributed by atoms with Gasteiger partial charge in [-0.15, -0.1) is 0 Å². The zero-order valence-electron chi connectivity index (χ0n) is 15.1. The predicted octanol–water partition coefficient (Wildman–Crippen LogP) is 2.45. The van der Waals surface area contributed by atoms with Gasteiger partial charge in [0.15, 0.2) is 0 Å². The Hall–Kier alpha value is -2.73. The van der Waals surface area contributed by atoms with Crippen LogP contribution in [0.2, 0.25) is 0 Å². The zero-order valence-corrected chi connectivity index (χ0v) is 15.1. The zero-order chi connectivity index (χ0) is 19.1. The van der Waals surface area contributed by atoms with Crippen molar-refractivity contribution in [2.45, 2.75) is 18.8 Å². The number of rotatable bonds is 6. The molecule has 2 amide bonds. The van der Waals surface area contributed by atoms with E-state index in [0.29, 0.717) is 30.1 Å². The minimum Gasteiger partial charge on any atom is -0.350 e. The Labute approximate surface area is 158 Å². The lowest BCUT2D eigenvalue weighted by Gasteiger charge is -2.23. The van der Waals surface area contributed by atoms with Crippen LogP contribution in [0, 0.1) is 5.82 Å². The van der Waals surface area contributed by atoms with Gasteiger partial charge < -0.3 is 16.0 Å². The Kier molecular flexibility index (Phi) is 6.54. The van der Waals surface area contributed by atoms with Crippen LogP contribution in [0.15, 0.2) is 48.5 Å². The van der Waals surface area contributed by atoms with Crippen molar-refractivity contribution in [3.8, 4) is 0 Å². The molecule has 27 heavy (non-hydrogen) atoms. The van der Waals surface area contributed by atoms with E-state index in [2.05, 4.69) is 22.0 Å². The molecule has 0 aromatic heterocycles. The van der Waals surface area contributed by atoms with Gasteiger partial charge in [-0.05, 0) is 67.3 Å². The van der Waals surface area contributed by atoms with E-state index in [1.54, 1.807) is 6.07 Å². The maximum Gasteiger partial charge on any atom is 0.251 e. The fraction of sp³-hybridized carbons (Fsp3) is 0.333. The number of hydrogen-bond acceptors (Lipinski definition) is 3. The van der Waals surface area contributed by atoms with Crippen LogP contribution >= 0.6 is 0 Å². The van der Waals surface area contributed by atoms with Crippen LogP contribution in [0.5, 0.6) is 0 Å². The van der Waals surface area contributed by atoms with E-state index in [1.165, 1.54) is 29.8 Å². The van der Waals surface area contributed by atoms with Crippen LogP contribution in [0.4, 0.5) is 4.39 Å². The average molecular weight is 369 g/mol. The minimum absolute atomic E-state index is 0.156. The lowest BCUT2D eigenvalue weighted by atomic mass is 9.90. The monoisotopic (exact) mass is 369 g/mol. The van der Waals surface area contributed by atoms with E-state index in [1.807, 2.05) is 12.1 Å². The Balaban J connectivity index is 1.46. The molecule has 5 nitrogen and oxygen atoms in total. The third kappa shape index (κ3) is 5.37. The summed E-state index contributed by atoms with van der Waals surface area (Å²) in [5, 5.41) is 8.91. The van der Waals surface area contributed by atoms with Crippen LogP contribution in [0.1, 0.15) is 45.0 Å². The predicted molar refractivity (Wildman–Crippen MR) is 102 cm³/mol. The normalized spacial score (nSPS) is 16.6. The van der Waals surface area contributed by atoms with E-state index in [4.69, 9.17) is 0 Å². The number of benzene rings is 2. The van der Waals surface area contributed by atoms with Gasteiger partial charge in [-0.25, -0.2) is 4.39 Å². The summed E-state index contributed by atoms with van der Waals surface area (Å²) >= 11 is 0. The largest absolute Gasteiger partial charge is 0.350 e. The molecule has 2 aromatic rings. The molecule has 0 spiro atoms. The van der Waals surface area contributed by atoms with Crippen LogP contribution in [-0.2, 0) is 0 Å². The molecule has 0 aliphatic carbocycles. The van der Waals surface area contributed by atoms with Gasteiger partial charge in [0.05, 0.1) is 0 Å². The van der Waals surface area contributed by atoms with Gasteiger partial charge in [0, 0.05) is 30.8 Å². The van der Waals surface area contributed by atoms with Crippen LogP contribution in [-0.4, -0.2) is 38.0 Å². The third-order valence-corrected chi connectivity index (χ3v) is 4.72. The third-order valence-electron chi connectivity index (χ3n) is 4.72. The molecule has 142 valence electrons. The van der Waals surface area contributed by atoms with Crippen molar-refractivity contribution in [3.05, 3.63) is 71.0 Å². The number of carbonyl (C=O) groups excluding carboxylic acids is 2. The molecule has 0 unspecified atom stereocenters. The molecule has 2 aromatic carbocycles. The molecular formula is C21H24FN3O2. The first-order valence-electron chi connectivity index (χ1n) is 9.26. The van der Waals surface area contributed by atoms with E-state index in [0.717, 1.165) is 25.9 Å². The Morgan fingerprint density at radius 3 is 2.37 bits per heavy atom. The van der Waals surface area contributed by atoms with Crippen molar-refractivity contribution in [2.24, 2.45) is 0 Å². The van der Waals surface area contributed by atoms with Gasteiger partial charge in [-0.1, -0.05) is 12.1 Å². The Bertz CT molecular complexity index is 786. The lowest BCUT2D eigenvalue weighted by Crippen LogP contribution is -2.34. The molecule has 0 radical (unpaired) electrons. The fourth-order valence-electron chi connectivity index (χ4n) is 3.23. The van der Waals surface area contributed by atoms with Crippen molar-refractivity contribution in [3.63, 3.8) is 0 Å².